The number of anilines is 1. The van der Waals surface area contributed by atoms with Gasteiger partial charge in [0, 0.05) is 19.3 Å². The summed E-state index contributed by atoms with van der Waals surface area (Å²) in [6.45, 7) is 0.554. The van der Waals surface area contributed by atoms with Crippen LogP contribution >= 0.6 is 0 Å². The third-order valence-electron chi connectivity index (χ3n) is 4.98. The van der Waals surface area contributed by atoms with E-state index in [9.17, 15) is 9.59 Å². The third kappa shape index (κ3) is 2.39. The van der Waals surface area contributed by atoms with E-state index < -0.39 is 11.6 Å². The lowest BCUT2D eigenvalue weighted by Gasteiger charge is -2.44. The lowest BCUT2D eigenvalue weighted by atomic mass is 9.77. The average Bonchev–Trinajstić information content (AvgIpc) is 2.46. The molecule has 118 valence electrons. The first-order valence-corrected chi connectivity index (χ1v) is 7.75. The summed E-state index contributed by atoms with van der Waals surface area (Å²) in [5.41, 5.74) is 1.12. The lowest BCUT2D eigenvalue weighted by molar-refractivity contribution is -0.151. The van der Waals surface area contributed by atoms with Gasteiger partial charge in [-0.3, -0.25) is 9.59 Å². The van der Waals surface area contributed by atoms with E-state index in [2.05, 4.69) is 0 Å². The van der Waals surface area contributed by atoms with Crippen molar-refractivity contribution >= 4 is 17.6 Å². The number of aliphatic carboxylic acids is 1. The van der Waals surface area contributed by atoms with E-state index >= 15 is 0 Å². The predicted octanol–water partition coefficient (Wildman–Crippen LogP) is 2.55. The fraction of sp³-hybridized carbons (Fsp3) is 0.529. The van der Waals surface area contributed by atoms with Crippen molar-refractivity contribution in [3.63, 3.8) is 0 Å². The van der Waals surface area contributed by atoms with Crippen molar-refractivity contribution < 1.29 is 19.4 Å². The number of carboxylic acids is 1. The molecule has 1 aliphatic heterocycles. The standard InChI is InChI=1S/C17H21NO4/c1-22-17(8-4-9-17)16(21)18-10-7-12(11-15(19)20)13-5-2-3-6-14(13)18/h2-3,5-6,12H,4,7-11H2,1H3,(H,19,20). The van der Waals surface area contributed by atoms with E-state index in [0.29, 0.717) is 13.0 Å². The largest absolute Gasteiger partial charge is 0.481 e. The molecule has 5 heteroatoms. The molecule has 0 aromatic heterocycles. The maximum absolute atomic E-state index is 12.9. The molecule has 1 atom stereocenters. The first-order valence-electron chi connectivity index (χ1n) is 7.75. The van der Waals surface area contributed by atoms with Crippen molar-refractivity contribution in [1.82, 2.24) is 0 Å². The monoisotopic (exact) mass is 303 g/mol. The van der Waals surface area contributed by atoms with Crippen LogP contribution in [0.25, 0.3) is 0 Å². The van der Waals surface area contributed by atoms with Crippen LogP contribution in [0.4, 0.5) is 5.69 Å². The molecular formula is C17H21NO4. The van der Waals surface area contributed by atoms with Crippen LogP contribution in [-0.4, -0.2) is 36.2 Å². The third-order valence-corrected chi connectivity index (χ3v) is 4.98. The second-order valence-corrected chi connectivity index (χ2v) is 6.15. The molecule has 5 nitrogen and oxygen atoms in total. The minimum atomic E-state index is -0.799. The van der Waals surface area contributed by atoms with Gasteiger partial charge in [-0.05, 0) is 43.2 Å². The lowest BCUT2D eigenvalue weighted by Crippen LogP contribution is -2.56. The van der Waals surface area contributed by atoms with Crippen LogP contribution in [0.5, 0.6) is 0 Å². The van der Waals surface area contributed by atoms with Crippen LogP contribution in [0, 0.1) is 0 Å². The van der Waals surface area contributed by atoms with Crippen molar-refractivity contribution in [1.29, 1.82) is 0 Å². The Hall–Kier alpha value is -1.88. The minimum absolute atomic E-state index is 0.0162. The van der Waals surface area contributed by atoms with Gasteiger partial charge in [-0.1, -0.05) is 18.2 Å². The van der Waals surface area contributed by atoms with E-state index in [1.165, 1.54) is 0 Å². The summed E-state index contributed by atoms with van der Waals surface area (Å²) in [6.07, 6.45) is 3.32. The van der Waals surface area contributed by atoms with Crippen molar-refractivity contribution in [2.24, 2.45) is 0 Å². The molecule has 1 fully saturated rings. The van der Waals surface area contributed by atoms with E-state index in [1.807, 2.05) is 24.3 Å². The summed E-state index contributed by atoms with van der Waals surface area (Å²) in [4.78, 5) is 25.8. The summed E-state index contributed by atoms with van der Waals surface area (Å²) >= 11 is 0. The molecule has 0 spiro atoms. The Morgan fingerprint density at radius 1 is 1.36 bits per heavy atom. The fourth-order valence-corrected chi connectivity index (χ4v) is 3.52. The van der Waals surface area contributed by atoms with Gasteiger partial charge in [0.05, 0.1) is 6.42 Å². The fourth-order valence-electron chi connectivity index (χ4n) is 3.52. The van der Waals surface area contributed by atoms with Crippen LogP contribution in [0.2, 0.25) is 0 Å². The zero-order valence-corrected chi connectivity index (χ0v) is 12.7. The second kappa shape index (κ2) is 5.72. The molecule has 1 amide bonds. The van der Waals surface area contributed by atoms with Gasteiger partial charge < -0.3 is 14.7 Å². The molecule has 1 saturated carbocycles. The van der Waals surface area contributed by atoms with Crippen LogP contribution in [0.15, 0.2) is 24.3 Å². The first kappa shape index (κ1) is 15.0. The number of ether oxygens (including phenoxy) is 1. The second-order valence-electron chi connectivity index (χ2n) is 6.15. The van der Waals surface area contributed by atoms with Gasteiger partial charge in [-0.25, -0.2) is 0 Å². The van der Waals surface area contributed by atoms with Crippen molar-refractivity contribution in [2.45, 2.75) is 43.6 Å². The number of hydrogen-bond donors (Lipinski definition) is 1. The van der Waals surface area contributed by atoms with Crippen LogP contribution in [-0.2, 0) is 14.3 Å². The molecule has 2 aliphatic rings. The Labute approximate surface area is 129 Å². The Bertz CT molecular complexity index is 589. The van der Waals surface area contributed by atoms with Crippen LogP contribution in [0.3, 0.4) is 0 Å². The van der Waals surface area contributed by atoms with Crippen molar-refractivity contribution in [2.75, 3.05) is 18.6 Å². The number of para-hydroxylation sites is 1. The maximum atomic E-state index is 12.9. The van der Waals surface area contributed by atoms with Gasteiger partial charge in [0.2, 0.25) is 0 Å². The molecule has 1 unspecified atom stereocenters. The van der Waals surface area contributed by atoms with Gasteiger partial charge >= 0.3 is 5.97 Å². The van der Waals surface area contributed by atoms with Gasteiger partial charge in [0.1, 0.15) is 5.60 Å². The van der Waals surface area contributed by atoms with Gasteiger partial charge in [0.15, 0.2) is 0 Å². The van der Waals surface area contributed by atoms with Gasteiger partial charge in [0.25, 0.3) is 5.91 Å². The average molecular weight is 303 g/mol. The van der Waals surface area contributed by atoms with Gasteiger partial charge in [-0.15, -0.1) is 0 Å². The smallest absolute Gasteiger partial charge is 0.303 e. The summed E-state index contributed by atoms with van der Waals surface area (Å²) in [7, 11) is 1.60. The minimum Gasteiger partial charge on any atom is -0.481 e. The number of hydrogen-bond acceptors (Lipinski definition) is 3. The normalized spacial score (nSPS) is 22.6. The van der Waals surface area contributed by atoms with Crippen molar-refractivity contribution in [3.8, 4) is 0 Å². The molecule has 1 N–H and O–H groups in total. The van der Waals surface area contributed by atoms with Crippen LogP contribution in [0.1, 0.15) is 43.6 Å². The molecule has 0 radical (unpaired) electrons. The molecule has 1 aromatic rings. The summed E-state index contributed by atoms with van der Waals surface area (Å²) in [5.74, 6) is -0.813. The SMILES string of the molecule is COC1(C(=O)N2CCC(CC(=O)O)c3ccccc32)CCC1. The Balaban J connectivity index is 1.91. The van der Waals surface area contributed by atoms with E-state index in [4.69, 9.17) is 9.84 Å². The highest BCUT2D eigenvalue weighted by atomic mass is 16.5. The Kier molecular flexibility index (Phi) is 3.91. The number of amides is 1. The summed E-state index contributed by atoms with van der Waals surface area (Å²) in [5, 5.41) is 9.08. The molecule has 22 heavy (non-hydrogen) atoms. The molecule has 3 rings (SSSR count). The molecule has 1 aromatic carbocycles. The number of carbonyl (C=O) groups is 2. The highest BCUT2D eigenvalue weighted by Gasteiger charge is 2.48. The first-order chi connectivity index (χ1) is 10.6. The summed E-state index contributed by atoms with van der Waals surface area (Å²) in [6, 6.07) is 7.63. The number of fused-ring (bicyclic) bond motifs is 1. The number of carboxylic acid groups (broad SMARTS) is 1. The predicted molar refractivity (Wildman–Crippen MR) is 82.0 cm³/mol. The highest BCUT2D eigenvalue weighted by Crippen LogP contribution is 2.42. The van der Waals surface area contributed by atoms with Crippen LogP contribution < -0.4 is 4.90 Å². The quantitative estimate of drug-likeness (QED) is 0.928. The van der Waals surface area contributed by atoms with E-state index in [0.717, 1.165) is 30.5 Å². The highest BCUT2D eigenvalue weighted by molar-refractivity contribution is 6.01. The maximum Gasteiger partial charge on any atom is 0.303 e. The number of carbonyl (C=O) groups excluding carboxylic acids is 1. The Morgan fingerprint density at radius 3 is 2.68 bits per heavy atom. The molecule has 0 bridgehead atoms. The van der Waals surface area contributed by atoms with E-state index in [1.54, 1.807) is 12.0 Å². The molecular weight excluding hydrogens is 282 g/mol. The number of nitrogens with zero attached hydrogens (tertiary/aromatic N) is 1. The molecule has 1 heterocycles. The summed E-state index contributed by atoms with van der Waals surface area (Å²) < 4.78 is 5.51. The Morgan fingerprint density at radius 2 is 2.09 bits per heavy atom. The van der Waals surface area contributed by atoms with Gasteiger partial charge in [-0.2, -0.15) is 0 Å². The number of rotatable bonds is 4. The topological polar surface area (TPSA) is 66.8 Å². The van der Waals surface area contributed by atoms with E-state index in [-0.39, 0.29) is 18.2 Å². The van der Waals surface area contributed by atoms with Crippen molar-refractivity contribution in [3.05, 3.63) is 29.8 Å². The molecule has 0 saturated heterocycles. The molecule has 1 aliphatic carbocycles. The number of benzene rings is 1. The number of methoxy groups -OCH3 is 1. The zero-order chi connectivity index (χ0) is 15.7. The zero-order valence-electron chi connectivity index (χ0n) is 12.7.